The van der Waals surface area contributed by atoms with Crippen molar-refractivity contribution in [3.63, 3.8) is 0 Å². The molecule has 6 nitrogen and oxygen atoms in total. The van der Waals surface area contributed by atoms with E-state index in [0.29, 0.717) is 5.92 Å². The number of carbonyl (C=O) groups is 1. The zero-order chi connectivity index (χ0) is 19.4. The van der Waals surface area contributed by atoms with Gasteiger partial charge in [-0.05, 0) is 43.5 Å². The maximum atomic E-state index is 12.3. The third-order valence-electron chi connectivity index (χ3n) is 4.00. The van der Waals surface area contributed by atoms with Crippen LogP contribution in [-0.4, -0.2) is 26.4 Å². The lowest BCUT2D eigenvalue weighted by molar-refractivity contribution is -0.113. The second-order valence-electron chi connectivity index (χ2n) is 6.91. The zero-order valence-electron chi connectivity index (χ0n) is 16.0. The molecule has 2 heterocycles. The summed E-state index contributed by atoms with van der Waals surface area (Å²) >= 11 is 1.39. The van der Waals surface area contributed by atoms with Gasteiger partial charge in [-0.15, -0.1) is 10.2 Å². The second-order valence-corrected chi connectivity index (χ2v) is 7.85. The summed E-state index contributed by atoms with van der Waals surface area (Å²) in [7, 11) is 0. The molecule has 3 aromatic rings. The van der Waals surface area contributed by atoms with Crippen LogP contribution in [0.15, 0.2) is 46.2 Å². The summed E-state index contributed by atoms with van der Waals surface area (Å²) in [5, 5.41) is 12.3. The third kappa shape index (κ3) is 4.80. The number of nitrogens with zero attached hydrogens (tertiary/aromatic N) is 3. The molecule has 0 fully saturated rings. The Bertz CT molecular complexity index is 930. The summed E-state index contributed by atoms with van der Waals surface area (Å²) < 4.78 is 7.47. The van der Waals surface area contributed by atoms with Gasteiger partial charge in [0.2, 0.25) is 5.91 Å². The quantitative estimate of drug-likeness (QED) is 0.605. The third-order valence-corrected chi connectivity index (χ3v) is 4.97. The summed E-state index contributed by atoms with van der Waals surface area (Å²) in [6.07, 6.45) is 1.65. The Labute approximate surface area is 163 Å². The van der Waals surface area contributed by atoms with Crippen LogP contribution in [0.25, 0.3) is 11.4 Å². The fourth-order valence-corrected chi connectivity index (χ4v) is 3.54. The van der Waals surface area contributed by atoms with E-state index >= 15 is 0 Å². The van der Waals surface area contributed by atoms with Crippen molar-refractivity contribution in [1.29, 1.82) is 0 Å². The van der Waals surface area contributed by atoms with E-state index in [4.69, 9.17) is 4.42 Å². The highest BCUT2D eigenvalue weighted by Gasteiger charge is 2.19. The van der Waals surface area contributed by atoms with Gasteiger partial charge in [-0.2, -0.15) is 0 Å². The number of hydrogen-bond donors (Lipinski definition) is 1. The Morgan fingerprint density at radius 2 is 2.07 bits per heavy atom. The van der Waals surface area contributed by atoms with Crippen LogP contribution >= 0.6 is 11.8 Å². The topological polar surface area (TPSA) is 73.0 Å². The predicted octanol–water partition coefficient (Wildman–Crippen LogP) is 4.54. The van der Waals surface area contributed by atoms with Crippen molar-refractivity contribution in [2.24, 2.45) is 5.92 Å². The zero-order valence-corrected chi connectivity index (χ0v) is 16.8. The smallest absolute Gasteiger partial charge is 0.234 e. The van der Waals surface area contributed by atoms with Crippen LogP contribution in [0.2, 0.25) is 0 Å². The summed E-state index contributed by atoms with van der Waals surface area (Å²) in [4.78, 5) is 12.3. The van der Waals surface area contributed by atoms with Gasteiger partial charge in [-0.3, -0.25) is 4.79 Å². The number of thioether (sulfide) groups is 1. The van der Waals surface area contributed by atoms with E-state index in [1.165, 1.54) is 11.8 Å². The highest BCUT2D eigenvalue weighted by molar-refractivity contribution is 7.99. The molecule has 0 saturated carbocycles. The van der Waals surface area contributed by atoms with Gasteiger partial charge < -0.3 is 14.3 Å². The molecule has 3 rings (SSSR count). The number of nitrogens with one attached hydrogen (secondary N) is 1. The van der Waals surface area contributed by atoms with Crippen molar-refractivity contribution in [3.8, 4) is 11.4 Å². The maximum Gasteiger partial charge on any atom is 0.234 e. The van der Waals surface area contributed by atoms with Gasteiger partial charge in [-0.25, -0.2) is 0 Å². The molecule has 0 saturated heterocycles. The molecule has 0 aliphatic carbocycles. The number of aryl methyl sites for hydroxylation is 2. The molecule has 0 atom stereocenters. The number of rotatable bonds is 7. The van der Waals surface area contributed by atoms with Crippen molar-refractivity contribution in [2.75, 3.05) is 11.1 Å². The predicted molar refractivity (Wildman–Crippen MR) is 108 cm³/mol. The molecule has 27 heavy (non-hydrogen) atoms. The van der Waals surface area contributed by atoms with Gasteiger partial charge in [0.25, 0.3) is 0 Å². The SMILES string of the molecule is Cc1cccc(NC(=O)CSc2nnc(-c3ccoc3C)n2CC(C)C)c1. The minimum absolute atomic E-state index is 0.0641. The van der Waals surface area contributed by atoms with E-state index in [1.54, 1.807) is 6.26 Å². The average molecular weight is 385 g/mol. The Balaban J connectivity index is 1.73. The van der Waals surface area contributed by atoms with Crippen LogP contribution in [0.5, 0.6) is 0 Å². The van der Waals surface area contributed by atoms with E-state index in [2.05, 4.69) is 33.9 Å². The molecule has 142 valence electrons. The summed E-state index contributed by atoms with van der Waals surface area (Å²) in [6.45, 7) is 8.97. The first-order valence-electron chi connectivity index (χ1n) is 8.91. The number of anilines is 1. The molecule has 1 amide bonds. The Hall–Kier alpha value is -2.54. The number of benzene rings is 1. The van der Waals surface area contributed by atoms with Crippen LogP contribution in [0.1, 0.15) is 25.2 Å². The minimum Gasteiger partial charge on any atom is -0.469 e. The number of aromatic nitrogens is 3. The van der Waals surface area contributed by atoms with Crippen LogP contribution in [-0.2, 0) is 11.3 Å². The summed E-state index contributed by atoms with van der Waals surface area (Å²) in [5.41, 5.74) is 2.84. The molecule has 0 radical (unpaired) electrons. The molecule has 1 aromatic carbocycles. The lowest BCUT2D eigenvalue weighted by Crippen LogP contribution is -2.15. The standard InChI is InChI=1S/C20H24N4O2S/c1-13(2)11-24-19(17-8-9-26-15(17)4)22-23-20(24)27-12-18(25)21-16-7-5-6-14(3)10-16/h5-10,13H,11-12H2,1-4H3,(H,21,25). The molecular formula is C20H24N4O2S. The molecule has 2 aromatic heterocycles. The van der Waals surface area contributed by atoms with Crippen LogP contribution < -0.4 is 5.32 Å². The Kier molecular flexibility index (Phi) is 6.01. The molecule has 7 heteroatoms. The van der Waals surface area contributed by atoms with Crippen LogP contribution in [0, 0.1) is 19.8 Å². The highest BCUT2D eigenvalue weighted by Crippen LogP contribution is 2.28. The first-order valence-corrected chi connectivity index (χ1v) is 9.89. The molecule has 0 aliphatic heterocycles. The lowest BCUT2D eigenvalue weighted by atomic mass is 10.2. The Morgan fingerprint density at radius 3 is 2.74 bits per heavy atom. The van der Waals surface area contributed by atoms with Crippen molar-refractivity contribution in [3.05, 3.63) is 47.9 Å². The summed E-state index contributed by atoms with van der Waals surface area (Å²) in [5.74, 6) is 2.21. The monoisotopic (exact) mass is 384 g/mol. The van der Waals surface area contributed by atoms with Crippen molar-refractivity contribution in [1.82, 2.24) is 14.8 Å². The molecule has 0 aliphatic rings. The van der Waals surface area contributed by atoms with Crippen LogP contribution in [0.4, 0.5) is 5.69 Å². The van der Waals surface area contributed by atoms with E-state index < -0.39 is 0 Å². The van der Waals surface area contributed by atoms with Gasteiger partial charge in [-0.1, -0.05) is 37.7 Å². The van der Waals surface area contributed by atoms with Gasteiger partial charge in [0.05, 0.1) is 17.6 Å². The molecule has 0 unspecified atom stereocenters. The van der Waals surface area contributed by atoms with Crippen molar-refractivity contribution < 1.29 is 9.21 Å². The maximum absolute atomic E-state index is 12.3. The average Bonchev–Trinajstić information content (AvgIpc) is 3.18. The largest absolute Gasteiger partial charge is 0.469 e. The lowest BCUT2D eigenvalue weighted by Gasteiger charge is -2.12. The van der Waals surface area contributed by atoms with Gasteiger partial charge in [0.1, 0.15) is 5.76 Å². The van der Waals surface area contributed by atoms with E-state index in [-0.39, 0.29) is 11.7 Å². The fraction of sp³-hybridized carbons (Fsp3) is 0.350. The molecular weight excluding hydrogens is 360 g/mol. The van der Waals surface area contributed by atoms with E-state index in [1.807, 2.05) is 44.2 Å². The number of hydrogen-bond acceptors (Lipinski definition) is 5. The number of amides is 1. The Morgan fingerprint density at radius 1 is 1.26 bits per heavy atom. The van der Waals surface area contributed by atoms with Crippen molar-refractivity contribution >= 4 is 23.4 Å². The molecule has 1 N–H and O–H groups in total. The molecule has 0 bridgehead atoms. The van der Waals surface area contributed by atoms with Gasteiger partial charge >= 0.3 is 0 Å². The highest BCUT2D eigenvalue weighted by atomic mass is 32.2. The molecule has 0 spiro atoms. The first kappa shape index (κ1) is 19.2. The van der Waals surface area contributed by atoms with Crippen LogP contribution in [0.3, 0.4) is 0 Å². The van der Waals surface area contributed by atoms with Gasteiger partial charge in [0.15, 0.2) is 11.0 Å². The number of furan rings is 1. The van der Waals surface area contributed by atoms with E-state index in [0.717, 1.165) is 40.1 Å². The number of carbonyl (C=O) groups excluding carboxylic acids is 1. The first-order chi connectivity index (χ1) is 12.9. The summed E-state index contributed by atoms with van der Waals surface area (Å²) in [6, 6.07) is 9.66. The normalized spacial score (nSPS) is 11.1. The van der Waals surface area contributed by atoms with Gasteiger partial charge in [0, 0.05) is 12.2 Å². The fourth-order valence-electron chi connectivity index (χ4n) is 2.79. The minimum atomic E-state index is -0.0641. The van der Waals surface area contributed by atoms with E-state index in [9.17, 15) is 4.79 Å². The second kappa shape index (κ2) is 8.43. The van der Waals surface area contributed by atoms with Crippen molar-refractivity contribution in [2.45, 2.75) is 39.4 Å².